The average molecular weight is 284 g/mol. The molecular formula is C15H25FN2S. The number of rotatable bonds is 6. The van der Waals surface area contributed by atoms with Gasteiger partial charge < -0.3 is 10.2 Å². The van der Waals surface area contributed by atoms with E-state index in [0.717, 1.165) is 22.8 Å². The third-order valence-electron chi connectivity index (χ3n) is 2.67. The van der Waals surface area contributed by atoms with Gasteiger partial charge in [-0.25, -0.2) is 4.39 Å². The van der Waals surface area contributed by atoms with Crippen molar-refractivity contribution in [2.24, 2.45) is 0 Å². The number of nitrogens with zero attached hydrogens (tertiary/aromatic N) is 1. The Balaban J connectivity index is 2.72. The van der Waals surface area contributed by atoms with Crippen molar-refractivity contribution in [3.05, 3.63) is 29.6 Å². The van der Waals surface area contributed by atoms with E-state index in [4.69, 9.17) is 0 Å². The first-order valence-corrected chi connectivity index (χ1v) is 7.58. The summed E-state index contributed by atoms with van der Waals surface area (Å²) in [5, 5.41) is 3.35. The van der Waals surface area contributed by atoms with Crippen molar-refractivity contribution >= 4 is 11.8 Å². The Kier molecular flexibility index (Phi) is 6.30. The van der Waals surface area contributed by atoms with E-state index in [2.05, 4.69) is 31.0 Å². The number of halogens is 1. The van der Waals surface area contributed by atoms with Crippen LogP contribution < -0.4 is 5.32 Å². The number of thioether (sulfide) groups is 1. The predicted octanol–water partition coefficient (Wildman–Crippen LogP) is 3.37. The van der Waals surface area contributed by atoms with E-state index < -0.39 is 0 Å². The summed E-state index contributed by atoms with van der Waals surface area (Å²) in [6.07, 6.45) is 0. The van der Waals surface area contributed by atoms with Crippen molar-refractivity contribution in [2.75, 3.05) is 26.4 Å². The second-order valence-corrected chi connectivity index (χ2v) is 7.11. The molecule has 1 rings (SSSR count). The summed E-state index contributed by atoms with van der Waals surface area (Å²) in [5.41, 5.74) is 0.773. The molecule has 4 heteroatoms. The SMILES string of the molecule is CN(C)CCSc1cccc(F)c1CNC(C)(C)C. The molecule has 0 amide bonds. The molecule has 1 N–H and O–H groups in total. The normalized spacial score (nSPS) is 12.2. The highest BCUT2D eigenvalue weighted by Gasteiger charge is 2.13. The zero-order valence-electron chi connectivity index (χ0n) is 12.6. The number of hydrogen-bond acceptors (Lipinski definition) is 3. The van der Waals surface area contributed by atoms with Crippen LogP contribution in [0.2, 0.25) is 0 Å². The second-order valence-electron chi connectivity index (χ2n) is 5.97. The standard InChI is InChI=1S/C15H25FN2S/c1-15(2,3)17-11-12-13(16)7-6-8-14(12)19-10-9-18(4)5/h6-8,17H,9-11H2,1-5H3. The van der Waals surface area contributed by atoms with Crippen LogP contribution in [-0.2, 0) is 6.54 Å². The molecule has 0 aliphatic rings. The van der Waals surface area contributed by atoms with Crippen LogP contribution in [0.1, 0.15) is 26.3 Å². The van der Waals surface area contributed by atoms with Crippen molar-refractivity contribution in [1.29, 1.82) is 0 Å². The maximum Gasteiger partial charge on any atom is 0.128 e. The molecule has 0 aliphatic carbocycles. The van der Waals surface area contributed by atoms with E-state index in [1.165, 1.54) is 6.07 Å². The summed E-state index contributed by atoms with van der Waals surface area (Å²) in [7, 11) is 4.10. The summed E-state index contributed by atoms with van der Waals surface area (Å²) < 4.78 is 13.9. The predicted molar refractivity (Wildman–Crippen MR) is 82.3 cm³/mol. The molecule has 0 saturated carbocycles. The lowest BCUT2D eigenvalue weighted by molar-refractivity contribution is 0.416. The third kappa shape index (κ3) is 6.41. The van der Waals surface area contributed by atoms with Gasteiger partial charge in [-0.05, 0) is 47.0 Å². The first-order chi connectivity index (χ1) is 8.79. The minimum atomic E-state index is -0.119. The molecule has 0 aromatic heterocycles. The van der Waals surface area contributed by atoms with Crippen LogP contribution in [0.4, 0.5) is 4.39 Å². The highest BCUT2D eigenvalue weighted by Crippen LogP contribution is 2.25. The van der Waals surface area contributed by atoms with Crippen LogP contribution in [0, 0.1) is 5.82 Å². The fraction of sp³-hybridized carbons (Fsp3) is 0.600. The Morgan fingerprint density at radius 2 is 1.95 bits per heavy atom. The smallest absolute Gasteiger partial charge is 0.128 e. The molecule has 0 unspecified atom stereocenters. The quantitative estimate of drug-likeness (QED) is 0.806. The molecule has 1 aromatic rings. The Bertz CT molecular complexity index is 400. The monoisotopic (exact) mass is 284 g/mol. The van der Waals surface area contributed by atoms with Gasteiger partial charge in [-0.2, -0.15) is 0 Å². The van der Waals surface area contributed by atoms with Crippen LogP contribution in [0.3, 0.4) is 0 Å². The van der Waals surface area contributed by atoms with Crippen LogP contribution >= 0.6 is 11.8 Å². The lowest BCUT2D eigenvalue weighted by Gasteiger charge is -2.22. The van der Waals surface area contributed by atoms with E-state index in [1.54, 1.807) is 17.8 Å². The van der Waals surface area contributed by atoms with Gasteiger partial charge in [0.25, 0.3) is 0 Å². The Morgan fingerprint density at radius 3 is 2.53 bits per heavy atom. The first kappa shape index (κ1) is 16.5. The zero-order chi connectivity index (χ0) is 14.5. The largest absolute Gasteiger partial charge is 0.309 e. The van der Waals surface area contributed by atoms with Crippen molar-refractivity contribution in [3.63, 3.8) is 0 Å². The van der Waals surface area contributed by atoms with Gasteiger partial charge in [0, 0.05) is 34.8 Å². The Labute approximate surface area is 120 Å². The summed E-state index contributed by atoms with van der Waals surface area (Å²) in [4.78, 5) is 3.18. The third-order valence-corrected chi connectivity index (χ3v) is 3.75. The molecule has 19 heavy (non-hydrogen) atoms. The van der Waals surface area contributed by atoms with Crippen LogP contribution in [0.25, 0.3) is 0 Å². The number of benzene rings is 1. The molecule has 1 aromatic carbocycles. The lowest BCUT2D eigenvalue weighted by Crippen LogP contribution is -2.35. The highest BCUT2D eigenvalue weighted by molar-refractivity contribution is 7.99. The van der Waals surface area contributed by atoms with Crippen LogP contribution in [0.5, 0.6) is 0 Å². The van der Waals surface area contributed by atoms with Gasteiger partial charge in [0.15, 0.2) is 0 Å². The van der Waals surface area contributed by atoms with Gasteiger partial charge in [-0.3, -0.25) is 0 Å². The minimum Gasteiger partial charge on any atom is -0.309 e. The van der Waals surface area contributed by atoms with Gasteiger partial charge in [-0.1, -0.05) is 6.07 Å². The van der Waals surface area contributed by atoms with Crippen LogP contribution in [0.15, 0.2) is 23.1 Å². The number of hydrogen-bond donors (Lipinski definition) is 1. The van der Waals surface area contributed by atoms with E-state index in [9.17, 15) is 4.39 Å². The molecule has 0 saturated heterocycles. The minimum absolute atomic E-state index is 0.00610. The fourth-order valence-corrected chi connectivity index (χ4v) is 2.73. The van der Waals surface area contributed by atoms with Gasteiger partial charge in [0.05, 0.1) is 0 Å². The molecule has 0 radical (unpaired) electrons. The first-order valence-electron chi connectivity index (χ1n) is 6.59. The van der Waals surface area contributed by atoms with Gasteiger partial charge in [0.1, 0.15) is 5.82 Å². The van der Waals surface area contributed by atoms with E-state index in [1.807, 2.05) is 20.2 Å². The maximum atomic E-state index is 13.9. The summed E-state index contributed by atoms with van der Waals surface area (Å²) >= 11 is 1.72. The van der Waals surface area contributed by atoms with Gasteiger partial charge >= 0.3 is 0 Å². The van der Waals surface area contributed by atoms with E-state index >= 15 is 0 Å². The van der Waals surface area contributed by atoms with Gasteiger partial charge in [0.2, 0.25) is 0 Å². The molecule has 0 aliphatic heterocycles. The second kappa shape index (κ2) is 7.27. The maximum absolute atomic E-state index is 13.9. The van der Waals surface area contributed by atoms with E-state index in [0.29, 0.717) is 6.54 Å². The van der Waals surface area contributed by atoms with Gasteiger partial charge in [-0.15, -0.1) is 11.8 Å². The van der Waals surface area contributed by atoms with Crippen LogP contribution in [-0.4, -0.2) is 36.8 Å². The highest BCUT2D eigenvalue weighted by atomic mass is 32.2. The van der Waals surface area contributed by atoms with Crippen molar-refractivity contribution < 1.29 is 4.39 Å². The molecule has 0 fully saturated rings. The molecule has 0 heterocycles. The van der Waals surface area contributed by atoms with Crippen molar-refractivity contribution in [1.82, 2.24) is 10.2 Å². The molecule has 0 spiro atoms. The molecular weight excluding hydrogens is 259 g/mol. The fourth-order valence-electron chi connectivity index (χ4n) is 1.54. The summed E-state index contributed by atoms with van der Waals surface area (Å²) in [6.45, 7) is 7.83. The summed E-state index contributed by atoms with van der Waals surface area (Å²) in [5.74, 6) is 0.852. The topological polar surface area (TPSA) is 15.3 Å². The zero-order valence-corrected chi connectivity index (χ0v) is 13.4. The molecule has 0 atom stereocenters. The average Bonchev–Trinajstić information content (AvgIpc) is 2.26. The molecule has 2 nitrogen and oxygen atoms in total. The molecule has 108 valence electrons. The summed E-state index contributed by atoms with van der Waals surface area (Å²) in [6, 6.07) is 5.33. The Morgan fingerprint density at radius 1 is 1.26 bits per heavy atom. The Hall–Kier alpha value is -0.580. The van der Waals surface area contributed by atoms with Crippen molar-refractivity contribution in [3.8, 4) is 0 Å². The van der Waals surface area contributed by atoms with E-state index in [-0.39, 0.29) is 11.4 Å². The lowest BCUT2D eigenvalue weighted by atomic mass is 10.1. The van der Waals surface area contributed by atoms with Crippen molar-refractivity contribution in [2.45, 2.75) is 37.8 Å². The number of nitrogens with one attached hydrogen (secondary N) is 1. The molecule has 0 bridgehead atoms.